The molecule has 6 atom stereocenters. The van der Waals surface area contributed by atoms with Crippen molar-refractivity contribution in [3.05, 3.63) is 58.7 Å². The monoisotopic (exact) mass is 565 g/mol. The summed E-state index contributed by atoms with van der Waals surface area (Å²) in [6, 6.07) is 8.61. The predicted molar refractivity (Wildman–Crippen MR) is 144 cm³/mol. The summed E-state index contributed by atoms with van der Waals surface area (Å²) in [5, 5.41) is 44.9. The van der Waals surface area contributed by atoms with Crippen LogP contribution in [0.25, 0.3) is 16.9 Å². The molecule has 0 saturated heterocycles. The molecule has 12 nitrogen and oxygen atoms in total. The van der Waals surface area contributed by atoms with E-state index in [2.05, 4.69) is 5.48 Å². The lowest BCUT2D eigenvalue weighted by Gasteiger charge is -2.53. The molecule has 41 heavy (non-hydrogen) atoms. The van der Waals surface area contributed by atoms with Crippen LogP contribution >= 0.6 is 0 Å². The maximum atomic E-state index is 14.0. The minimum absolute atomic E-state index is 0.00355. The third-order valence-electron chi connectivity index (χ3n) is 8.60. The lowest BCUT2D eigenvalue weighted by molar-refractivity contribution is -0.184. The van der Waals surface area contributed by atoms with E-state index in [1.54, 1.807) is 44.4 Å². The zero-order valence-corrected chi connectivity index (χ0v) is 22.6. The van der Waals surface area contributed by atoms with Gasteiger partial charge in [0, 0.05) is 23.1 Å². The van der Waals surface area contributed by atoms with Crippen molar-refractivity contribution in [2.24, 2.45) is 23.5 Å². The van der Waals surface area contributed by atoms with Gasteiger partial charge in [0.2, 0.25) is 11.7 Å². The molecule has 2 fully saturated rings. The molecule has 3 aliphatic carbocycles. The molecule has 3 unspecified atom stereocenters. The highest BCUT2D eigenvalue weighted by Crippen LogP contribution is 2.53. The van der Waals surface area contributed by atoms with Gasteiger partial charge in [-0.2, -0.15) is 0 Å². The molecule has 0 aliphatic heterocycles. The molecule has 2 aromatic rings. The number of benzene rings is 2. The van der Waals surface area contributed by atoms with Crippen molar-refractivity contribution >= 4 is 29.1 Å². The summed E-state index contributed by atoms with van der Waals surface area (Å²) in [6.07, 6.45) is -1.43. The number of fused-ring (bicyclic) bond motifs is 3. The normalized spacial score (nSPS) is 29.1. The fourth-order valence-electron chi connectivity index (χ4n) is 6.85. The SMILES string of the molecule is CONC(=O)c1cccc(-c2ccc(O)c3c2C[C@@H]2C[C@@H]4C(N(C)C)C(O)C(C(N)=O)C(=O)[C@]4(O)C(=O)C2=C3O)c1. The molecule has 3 aliphatic rings. The van der Waals surface area contributed by atoms with Gasteiger partial charge in [-0.15, -0.1) is 0 Å². The van der Waals surface area contributed by atoms with Crippen LogP contribution in [0.15, 0.2) is 42.0 Å². The van der Waals surface area contributed by atoms with Gasteiger partial charge in [0.1, 0.15) is 17.4 Å². The van der Waals surface area contributed by atoms with Crippen LogP contribution in [0.3, 0.4) is 0 Å². The Bertz CT molecular complexity index is 1520. The molecule has 216 valence electrons. The smallest absolute Gasteiger partial charge is 0.274 e. The van der Waals surface area contributed by atoms with Gasteiger partial charge in [0.25, 0.3) is 5.91 Å². The zero-order chi connectivity index (χ0) is 30.0. The van der Waals surface area contributed by atoms with E-state index in [-0.39, 0.29) is 29.7 Å². The average molecular weight is 566 g/mol. The number of primary amides is 1. The number of hydrogen-bond acceptors (Lipinski definition) is 10. The third kappa shape index (κ3) is 4.13. The molecule has 0 heterocycles. The lowest BCUT2D eigenvalue weighted by Crippen LogP contribution is -2.73. The van der Waals surface area contributed by atoms with Crippen LogP contribution < -0.4 is 11.2 Å². The topological polar surface area (TPSA) is 200 Å². The number of Topliss-reactive ketones (excluding diaryl/α,β-unsaturated/α-hetero) is 2. The quantitative estimate of drug-likeness (QED) is 0.213. The molecule has 0 spiro atoms. The molecular weight excluding hydrogens is 534 g/mol. The molecule has 0 aromatic heterocycles. The van der Waals surface area contributed by atoms with Gasteiger partial charge < -0.3 is 31.1 Å². The first-order valence-electron chi connectivity index (χ1n) is 13.0. The number of carbonyl (C=O) groups excluding carboxylic acids is 4. The molecule has 5 rings (SSSR count). The minimum Gasteiger partial charge on any atom is -0.507 e. The van der Waals surface area contributed by atoms with E-state index in [0.717, 1.165) is 0 Å². The third-order valence-corrected chi connectivity index (χ3v) is 8.60. The number of aliphatic hydroxyl groups is 3. The van der Waals surface area contributed by atoms with Crippen LogP contribution in [0.1, 0.15) is 27.9 Å². The van der Waals surface area contributed by atoms with Gasteiger partial charge in [-0.1, -0.05) is 18.2 Å². The number of aromatic hydroxyl groups is 1. The fourth-order valence-corrected chi connectivity index (χ4v) is 6.85. The Balaban J connectivity index is 1.67. The number of hydroxylamine groups is 1. The Kier molecular flexibility index (Phi) is 6.98. The molecule has 2 aromatic carbocycles. The minimum atomic E-state index is -2.72. The summed E-state index contributed by atoms with van der Waals surface area (Å²) >= 11 is 0. The number of hydrogen-bond donors (Lipinski definition) is 6. The lowest BCUT2D eigenvalue weighted by atomic mass is 9.54. The van der Waals surface area contributed by atoms with Crippen molar-refractivity contribution < 1.29 is 44.4 Å². The van der Waals surface area contributed by atoms with Gasteiger partial charge in [0.15, 0.2) is 11.4 Å². The summed E-state index contributed by atoms with van der Waals surface area (Å²) in [4.78, 5) is 58.2. The number of rotatable bonds is 5. The van der Waals surface area contributed by atoms with E-state index >= 15 is 0 Å². The molecular formula is C29H31N3O9. The molecule has 2 saturated carbocycles. The number of phenols is 1. The number of aliphatic hydroxyl groups excluding tert-OH is 2. The van der Waals surface area contributed by atoms with Crippen molar-refractivity contribution in [1.29, 1.82) is 0 Å². The van der Waals surface area contributed by atoms with Crippen molar-refractivity contribution in [3.63, 3.8) is 0 Å². The highest BCUT2D eigenvalue weighted by molar-refractivity contribution is 6.25. The second-order valence-corrected chi connectivity index (χ2v) is 11.0. The van der Waals surface area contributed by atoms with Crippen LogP contribution in [-0.2, 0) is 25.6 Å². The number of nitrogens with zero attached hydrogens (tertiary/aromatic N) is 1. The largest absolute Gasteiger partial charge is 0.507 e. The molecule has 0 bridgehead atoms. The van der Waals surface area contributed by atoms with Crippen LogP contribution in [-0.4, -0.2) is 87.7 Å². The van der Waals surface area contributed by atoms with E-state index in [1.807, 2.05) is 0 Å². The number of ketones is 2. The predicted octanol–water partition coefficient (Wildman–Crippen LogP) is 0.0872. The molecule has 12 heteroatoms. The maximum Gasteiger partial charge on any atom is 0.274 e. The Labute approximate surface area is 235 Å². The number of nitrogens with two attached hydrogens (primary N) is 1. The maximum absolute atomic E-state index is 14.0. The summed E-state index contributed by atoms with van der Waals surface area (Å²) in [5.41, 5.74) is 6.65. The Morgan fingerprint density at radius 3 is 2.49 bits per heavy atom. The average Bonchev–Trinajstić information content (AvgIpc) is 2.90. The second-order valence-electron chi connectivity index (χ2n) is 11.0. The van der Waals surface area contributed by atoms with E-state index in [0.29, 0.717) is 22.3 Å². The van der Waals surface area contributed by atoms with Crippen molar-refractivity contribution in [2.75, 3.05) is 21.2 Å². The Morgan fingerprint density at radius 2 is 1.85 bits per heavy atom. The second kappa shape index (κ2) is 10.1. The van der Waals surface area contributed by atoms with Gasteiger partial charge in [-0.3, -0.25) is 24.0 Å². The van der Waals surface area contributed by atoms with Gasteiger partial charge in [0.05, 0.1) is 18.8 Å². The Morgan fingerprint density at radius 1 is 1.15 bits per heavy atom. The summed E-state index contributed by atoms with van der Waals surface area (Å²) in [6.45, 7) is 0. The first kappa shape index (κ1) is 28.4. The standard InChI is InChI=1S/C29H31N3O9/c1-32(2)22-17-11-14-10-16-15(12-5-4-6-13(9-12)28(39)31-41-3)7-8-18(33)20(16)23(34)19(14)25(36)29(17,40)26(37)21(24(22)35)27(30)38/h4-9,14,17,21-22,24,33-35,40H,10-11H2,1-3H3,(H2,30,38)(H,31,39)/t14-,17-,21?,22?,24?,29-/m1/s1. The van der Waals surface area contributed by atoms with Crippen molar-refractivity contribution in [3.8, 4) is 16.9 Å². The summed E-state index contributed by atoms with van der Waals surface area (Å²) in [5.74, 6) is -8.50. The fraction of sp³-hybridized carbons (Fsp3) is 0.379. The molecule has 2 amide bonds. The first-order valence-corrected chi connectivity index (χ1v) is 13.0. The van der Waals surface area contributed by atoms with Gasteiger partial charge in [-0.25, -0.2) is 5.48 Å². The number of amides is 2. The Hall–Kier alpha value is -4.10. The van der Waals surface area contributed by atoms with Gasteiger partial charge in [-0.05, 0) is 67.7 Å². The van der Waals surface area contributed by atoms with E-state index < -0.39 is 64.6 Å². The van der Waals surface area contributed by atoms with Gasteiger partial charge >= 0.3 is 0 Å². The molecule has 7 N–H and O–H groups in total. The highest BCUT2D eigenvalue weighted by atomic mass is 16.6. The zero-order valence-electron chi connectivity index (χ0n) is 22.6. The van der Waals surface area contributed by atoms with Crippen LogP contribution in [0.5, 0.6) is 5.75 Å². The number of likely N-dealkylation sites (N-methyl/N-ethyl adjacent to an activating group) is 1. The van der Waals surface area contributed by atoms with E-state index in [1.165, 1.54) is 18.1 Å². The van der Waals surface area contributed by atoms with E-state index in [4.69, 9.17) is 10.6 Å². The number of nitrogens with one attached hydrogen (secondary N) is 1. The molecule has 0 radical (unpaired) electrons. The van der Waals surface area contributed by atoms with Crippen LogP contribution in [0.2, 0.25) is 0 Å². The van der Waals surface area contributed by atoms with E-state index in [9.17, 15) is 39.6 Å². The van der Waals surface area contributed by atoms with Crippen LogP contribution in [0.4, 0.5) is 0 Å². The van der Waals surface area contributed by atoms with Crippen molar-refractivity contribution in [2.45, 2.75) is 30.6 Å². The highest BCUT2D eigenvalue weighted by Gasteiger charge is 2.67. The number of phenolic OH excluding ortho intramolecular Hbond substituents is 1. The summed E-state index contributed by atoms with van der Waals surface area (Å²) < 4.78 is 0. The number of carbonyl (C=O) groups is 4. The summed E-state index contributed by atoms with van der Waals surface area (Å²) in [7, 11) is 4.49. The van der Waals surface area contributed by atoms with Crippen LogP contribution in [0, 0.1) is 17.8 Å². The first-order chi connectivity index (χ1) is 19.3. The van der Waals surface area contributed by atoms with Crippen molar-refractivity contribution in [1.82, 2.24) is 10.4 Å².